The van der Waals surface area contributed by atoms with Gasteiger partial charge in [-0.1, -0.05) is 45.0 Å². The van der Waals surface area contributed by atoms with Gasteiger partial charge in [-0.15, -0.1) is 0 Å². The lowest BCUT2D eigenvalue weighted by molar-refractivity contribution is -0.116. The number of hydrogen-bond acceptors (Lipinski definition) is 1. The van der Waals surface area contributed by atoms with E-state index in [0.29, 0.717) is 12.5 Å². The van der Waals surface area contributed by atoms with Crippen LogP contribution < -0.4 is 5.32 Å². The molecule has 0 saturated heterocycles. The maximum absolute atomic E-state index is 12.6. The third-order valence-electron chi connectivity index (χ3n) is 4.75. The molecule has 3 rings (SSSR count). The quantitative estimate of drug-likeness (QED) is 0.677. The van der Waals surface area contributed by atoms with Crippen LogP contribution in [0.3, 0.4) is 0 Å². The number of benzene rings is 2. The summed E-state index contributed by atoms with van der Waals surface area (Å²) in [6.45, 7) is 8.81. The average molecular weight is 334 g/mol. The lowest BCUT2D eigenvalue weighted by Gasteiger charge is -2.17. The Balaban J connectivity index is 1.82. The Morgan fingerprint density at radius 3 is 2.68 bits per heavy atom. The van der Waals surface area contributed by atoms with Crippen LogP contribution in [0.4, 0.5) is 5.69 Å². The van der Waals surface area contributed by atoms with Gasteiger partial charge in [0.25, 0.3) is 0 Å². The van der Waals surface area contributed by atoms with Gasteiger partial charge in [0, 0.05) is 17.4 Å². The van der Waals surface area contributed by atoms with E-state index in [1.54, 1.807) is 0 Å². The van der Waals surface area contributed by atoms with Crippen molar-refractivity contribution < 1.29 is 4.79 Å². The van der Waals surface area contributed by atoms with Gasteiger partial charge in [-0.25, -0.2) is 0 Å². The van der Waals surface area contributed by atoms with Crippen LogP contribution in [0, 0.1) is 6.92 Å². The Morgan fingerprint density at radius 2 is 1.96 bits per heavy atom. The number of carbonyl (C=O) groups is 1. The second-order valence-corrected chi connectivity index (χ2v) is 6.93. The van der Waals surface area contributed by atoms with Gasteiger partial charge >= 0.3 is 0 Å². The second-order valence-electron chi connectivity index (χ2n) is 6.93. The van der Waals surface area contributed by atoms with Gasteiger partial charge in [0.1, 0.15) is 6.54 Å². The minimum atomic E-state index is 0.00766. The molecule has 0 aliphatic carbocycles. The van der Waals surface area contributed by atoms with Crippen LogP contribution >= 0.6 is 0 Å². The molecule has 0 bridgehead atoms. The Bertz CT molecular complexity index is 906. The maximum Gasteiger partial charge on any atom is 0.244 e. The van der Waals surface area contributed by atoms with Gasteiger partial charge in [0.05, 0.1) is 0 Å². The number of anilines is 1. The van der Waals surface area contributed by atoms with Crippen LogP contribution in [0.25, 0.3) is 10.9 Å². The number of amides is 1. The van der Waals surface area contributed by atoms with Crippen molar-refractivity contribution in [2.45, 2.75) is 46.6 Å². The Morgan fingerprint density at radius 1 is 1.16 bits per heavy atom. The minimum absolute atomic E-state index is 0.00766. The summed E-state index contributed by atoms with van der Waals surface area (Å²) in [5, 5.41) is 4.31. The number of nitrogens with one attached hydrogen (secondary N) is 1. The smallest absolute Gasteiger partial charge is 0.244 e. The van der Waals surface area contributed by atoms with Crippen LogP contribution in [-0.4, -0.2) is 10.5 Å². The number of rotatable bonds is 5. The molecule has 3 aromatic rings. The summed E-state index contributed by atoms with van der Waals surface area (Å²) in [6, 6.07) is 14.7. The third-order valence-corrected chi connectivity index (χ3v) is 4.75. The number of carbonyl (C=O) groups excluding carboxylic acids is 1. The number of nitrogens with zero attached hydrogens (tertiary/aromatic N) is 1. The summed E-state index contributed by atoms with van der Waals surface area (Å²) in [4.78, 5) is 12.6. The highest BCUT2D eigenvalue weighted by atomic mass is 16.1. The van der Waals surface area contributed by atoms with Crippen LogP contribution in [0.5, 0.6) is 0 Å². The first-order valence-electron chi connectivity index (χ1n) is 8.96. The van der Waals surface area contributed by atoms with Crippen LogP contribution in [0.15, 0.2) is 48.7 Å². The molecule has 1 heterocycles. The molecular formula is C22H26N2O. The molecule has 0 fully saturated rings. The number of aryl methyl sites for hydroxylation is 2. The minimum Gasteiger partial charge on any atom is -0.338 e. The van der Waals surface area contributed by atoms with Crippen molar-refractivity contribution in [2.75, 3.05) is 5.32 Å². The lowest BCUT2D eigenvalue weighted by Crippen LogP contribution is -2.20. The molecule has 1 N–H and O–H groups in total. The summed E-state index contributed by atoms with van der Waals surface area (Å²) in [5.41, 5.74) is 5.65. The van der Waals surface area contributed by atoms with Crippen molar-refractivity contribution in [3.8, 4) is 0 Å². The maximum atomic E-state index is 12.6. The normalized spacial score (nSPS) is 11.2. The fourth-order valence-electron chi connectivity index (χ4n) is 3.28. The van der Waals surface area contributed by atoms with Gasteiger partial charge in [0.2, 0.25) is 5.91 Å². The fourth-order valence-corrected chi connectivity index (χ4v) is 3.28. The predicted octanol–water partition coefficient (Wildman–Crippen LogP) is 5.27. The van der Waals surface area contributed by atoms with Gasteiger partial charge in [-0.2, -0.15) is 0 Å². The molecule has 0 spiro atoms. The molecule has 1 aromatic heterocycles. The number of aromatic nitrogens is 1. The Hall–Kier alpha value is -2.55. The first kappa shape index (κ1) is 17.3. The summed E-state index contributed by atoms with van der Waals surface area (Å²) < 4.78 is 2.01. The molecule has 130 valence electrons. The third kappa shape index (κ3) is 3.60. The molecule has 0 radical (unpaired) electrons. The van der Waals surface area contributed by atoms with E-state index in [4.69, 9.17) is 0 Å². The molecule has 2 aromatic carbocycles. The molecule has 3 nitrogen and oxygen atoms in total. The highest BCUT2D eigenvalue weighted by Crippen LogP contribution is 2.27. The molecule has 0 saturated carbocycles. The number of para-hydroxylation sites is 1. The van der Waals surface area contributed by atoms with Crippen molar-refractivity contribution in [3.05, 3.63) is 65.4 Å². The van der Waals surface area contributed by atoms with Crippen molar-refractivity contribution in [1.82, 2.24) is 4.57 Å². The van der Waals surface area contributed by atoms with Crippen LogP contribution in [0.2, 0.25) is 0 Å². The predicted molar refractivity (Wildman–Crippen MR) is 105 cm³/mol. The van der Waals surface area contributed by atoms with Crippen molar-refractivity contribution in [2.24, 2.45) is 0 Å². The van der Waals surface area contributed by atoms with E-state index in [9.17, 15) is 4.79 Å². The van der Waals surface area contributed by atoms with E-state index in [1.807, 2.05) is 29.8 Å². The molecule has 0 aliphatic heterocycles. The standard InChI is InChI=1S/C22H26N2O/c1-5-17-9-10-20-18(13-17)11-12-24(20)14-21(25)23-22-16(4)7-6-8-19(22)15(2)3/h6-13,15H,5,14H2,1-4H3,(H,23,25). The molecule has 0 unspecified atom stereocenters. The summed E-state index contributed by atoms with van der Waals surface area (Å²) >= 11 is 0. The first-order chi connectivity index (χ1) is 12.0. The SMILES string of the molecule is CCc1ccc2c(ccn2CC(=O)Nc2c(C)cccc2C(C)C)c1. The summed E-state index contributed by atoms with van der Waals surface area (Å²) in [6.07, 6.45) is 3.01. The van der Waals surface area contributed by atoms with Gasteiger partial charge in [-0.3, -0.25) is 4.79 Å². The van der Waals surface area contributed by atoms with Crippen LogP contribution in [0.1, 0.15) is 43.4 Å². The zero-order valence-corrected chi connectivity index (χ0v) is 15.5. The monoisotopic (exact) mass is 334 g/mol. The Kier molecular flexibility index (Phi) is 4.93. The summed E-state index contributed by atoms with van der Waals surface area (Å²) in [7, 11) is 0. The van der Waals surface area contributed by atoms with Gasteiger partial charge in [0.15, 0.2) is 0 Å². The van der Waals surface area contributed by atoms with Crippen LogP contribution in [-0.2, 0) is 17.8 Å². The zero-order valence-electron chi connectivity index (χ0n) is 15.5. The highest BCUT2D eigenvalue weighted by Gasteiger charge is 2.13. The van der Waals surface area contributed by atoms with E-state index < -0.39 is 0 Å². The number of hydrogen-bond donors (Lipinski definition) is 1. The lowest BCUT2D eigenvalue weighted by atomic mass is 9.98. The van der Waals surface area contributed by atoms with Crippen molar-refractivity contribution >= 4 is 22.5 Å². The molecule has 0 aliphatic rings. The summed E-state index contributed by atoms with van der Waals surface area (Å²) in [5.74, 6) is 0.378. The second kappa shape index (κ2) is 7.14. The van der Waals surface area contributed by atoms with E-state index >= 15 is 0 Å². The average Bonchev–Trinajstić information content (AvgIpc) is 2.98. The molecule has 3 heteroatoms. The van der Waals surface area contributed by atoms with E-state index in [2.05, 4.69) is 56.4 Å². The van der Waals surface area contributed by atoms with Crippen molar-refractivity contribution in [3.63, 3.8) is 0 Å². The van der Waals surface area contributed by atoms with E-state index in [0.717, 1.165) is 23.2 Å². The number of fused-ring (bicyclic) bond motifs is 1. The van der Waals surface area contributed by atoms with Gasteiger partial charge < -0.3 is 9.88 Å². The fraction of sp³-hybridized carbons (Fsp3) is 0.318. The Labute approximate surface area is 149 Å². The largest absolute Gasteiger partial charge is 0.338 e. The van der Waals surface area contributed by atoms with Crippen molar-refractivity contribution in [1.29, 1.82) is 0 Å². The van der Waals surface area contributed by atoms with E-state index in [1.165, 1.54) is 16.5 Å². The zero-order chi connectivity index (χ0) is 18.0. The topological polar surface area (TPSA) is 34.0 Å². The first-order valence-corrected chi connectivity index (χ1v) is 8.96. The van der Waals surface area contributed by atoms with Gasteiger partial charge in [-0.05, 0) is 59.5 Å². The van der Waals surface area contributed by atoms with E-state index in [-0.39, 0.29) is 5.91 Å². The molecule has 0 atom stereocenters. The highest BCUT2D eigenvalue weighted by molar-refractivity contribution is 5.93. The molecule has 25 heavy (non-hydrogen) atoms. The molecule has 1 amide bonds. The molecular weight excluding hydrogens is 308 g/mol.